The SMILES string of the molecule is NCc1ccc(OCCSC(F)(F)F)c(Br)c1. The standard InChI is InChI=1S/C10H11BrF3NOS/c11-8-5-7(6-15)1-2-9(8)16-3-4-17-10(12,13)14/h1-2,5H,3-4,6,15H2. The summed E-state index contributed by atoms with van der Waals surface area (Å²) in [5, 5.41) is 0. The topological polar surface area (TPSA) is 35.2 Å². The van der Waals surface area contributed by atoms with Crippen molar-refractivity contribution >= 4 is 27.7 Å². The van der Waals surface area contributed by atoms with E-state index < -0.39 is 5.51 Å². The van der Waals surface area contributed by atoms with Crippen molar-refractivity contribution in [3.05, 3.63) is 28.2 Å². The van der Waals surface area contributed by atoms with Crippen LogP contribution in [0.15, 0.2) is 22.7 Å². The van der Waals surface area contributed by atoms with Crippen molar-refractivity contribution in [3.63, 3.8) is 0 Å². The van der Waals surface area contributed by atoms with Crippen LogP contribution in [0.4, 0.5) is 13.2 Å². The lowest BCUT2D eigenvalue weighted by molar-refractivity contribution is -0.0329. The van der Waals surface area contributed by atoms with Crippen LogP contribution in [0.5, 0.6) is 5.75 Å². The second-order valence-electron chi connectivity index (χ2n) is 3.11. The molecular weight excluding hydrogens is 319 g/mol. The number of hydrogen-bond acceptors (Lipinski definition) is 3. The molecule has 7 heteroatoms. The molecule has 0 unspecified atom stereocenters. The second kappa shape index (κ2) is 6.51. The molecule has 0 saturated heterocycles. The molecule has 0 heterocycles. The summed E-state index contributed by atoms with van der Waals surface area (Å²) in [6.45, 7) is 0.410. The summed E-state index contributed by atoms with van der Waals surface area (Å²) < 4.78 is 41.4. The largest absolute Gasteiger partial charge is 0.492 e. The molecule has 0 aliphatic rings. The van der Waals surface area contributed by atoms with E-state index >= 15 is 0 Å². The summed E-state index contributed by atoms with van der Waals surface area (Å²) in [6, 6.07) is 5.24. The maximum atomic E-state index is 11.8. The molecule has 96 valence electrons. The van der Waals surface area contributed by atoms with Crippen molar-refractivity contribution in [1.29, 1.82) is 0 Å². The molecule has 0 bridgehead atoms. The van der Waals surface area contributed by atoms with E-state index in [-0.39, 0.29) is 24.1 Å². The highest BCUT2D eigenvalue weighted by Gasteiger charge is 2.27. The highest BCUT2D eigenvalue weighted by Crippen LogP contribution is 2.30. The Morgan fingerprint density at radius 3 is 2.59 bits per heavy atom. The molecule has 1 aromatic carbocycles. The Bertz CT molecular complexity index is 373. The van der Waals surface area contributed by atoms with Gasteiger partial charge in [0.1, 0.15) is 5.75 Å². The van der Waals surface area contributed by atoms with E-state index in [2.05, 4.69) is 15.9 Å². The first kappa shape index (κ1) is 14.7. The van der Waals surface area contributed by atoms with E-state index in [1.165, 1.54) is 0 Å². The minimum Gasteiger partial charge on any atom is -0.492 e. The fourth-order valence-electron chi connectivity index (χ4n) is 1.10. The van der Waals surface area contributed by atoms with E-state index in [1.807, 2.05) is 0 Å². The van der Waals surface area contributed by atoms with E-state index in [0.29, 0.717) is 16.8 Å². The van der Waals surface area contributed by atoms with Crippen molar-refractivity contribution in [3.8, 4) is 5.75 Å². The molecule has 2 N–H and O–H groups in total. The molecule has 1 rings (SSSR count). The van der Waals surface area contributed by atoms with Crippen LogP contribution in [0.1, 0.15) is 5.56 Å². The van der Waals surface area contributed by atoms with Crippen LogP contribution in [-0.2, 0) is 6.54 Å². The first-order chi connectivity index (χ1) is 7.92. The minimum absolute atomic E-state index is 0.00471. The maximum Gasteiger partial charge on any atom is 0.441 e. The third-order valence-electron chi connectivity index (χ3n) is 1.84. The molecule has 17 heavy (non-hydrogen) atoms. The van der Waals surface area contributed by atoms with Gasteiger partial charge in [-0.25, -0.2) is 0 Å². The van der Waals surface area contributed by atoms with Gasteiger partial charge in [0.25, 0.3) is 0 Å². The summed E-state index contributed by atoms with van der Waals surface area (Å²) in [4.78, 5) is 0. The zero-order valence-electron chi connectivity index (χ0n) is 8.76. The molecule has 0 aliphatic carbocycles. The van der Waals surface area contributed by atoms with Gasteiger partial charge in [0, 0.05) is 12.3 Å². The summed E-state index contributed by atoms with van der Waals surface area (Å²) in [6.07, 6.45) is 0. The summed E-state index contributed by atoms with van der Waals surface area (Å²) in [5.41, 5.74) is 2.17. The van der Waals surface area contributed by atoms with Gasteiger partial charge < -0.3 is 10.5 Å². The molecule has 0 amide bonds. The molecule has 0 aromatic heterocycles. The predicted molar refractivity (Wildman–Crippen MR) is 66.0 cm³/mol. The Hall–Kier alpha value is -0.400. The van der Waals surface area contributed by atoms with Crippen LogP contribution >= 0.6 is 27.7 Å². The lowest BCUT2D eigenvalue weighted by atomic mass is 10.2. The minimum atomic E-state index is -4.20. The fourth-order valence-corrected chi connectivity index (χ4v) is 2.04. The summed E-state index contributed by atoms with van der Waals surface area (Å²) >= 11 is 3.18. The van der Waals surface area contributed by atoms with Crippen molar-refractivity contribution in [2.45, 2.75) is 12.1 Å². The van der Waals surface area contributed by atoms with Crippen molar-refractivity contribution < 1.29 is 17.9 Å². The first-order valence-corrected chi connectivity index (χ1v) is 6.52. The first-order valence-electron chi connectivity index (χ1n) is 4.74. The molecular formula is C10H11BrF3NOS. The van der Waals surface area contributed by atoms with Gasteiger partial charge in [0.2, 0.25) is 0 Å². The zero-order valence-corrected chi connectivity index (χ0v) is 11.2. The third kappa shape index (κ3) is 5.65. The number of halogens is 4. The van der Waals surface area contributed by atoms with Gasteiger partial charge >= 0.3 is 5.51 Å². The average Bonchev–Trinajstić information content (AvgIpc) is 2.24. The lowest BCUT2D eigenvalue weighted by Crippen LogP contribution is -2.07. The molecule has 0 atom stereocenters. The van der Waals surface area contributed by atoms with E-state index in [0.717, 1.165) is 5.56 Å². The van der Waals surface area contributed by atoms with Gasteiger partial charge in [-0.15, -0.1) is 0 Å². The van der Waals surface area contributed by atoms with Crippen LogP contribution in [0, 0.1) is 0 Å². The summed E-state index contributed by atoms with van der Waals surface area (Å²) in [7, 11) is 0. The lowest BCUT2D eigenvalue weighted by Gasteiger charge is -2.10. The number of thioether (sulfide) groups is 1. The number of alkyl halides is 3. The molecule has 0 aliphatic heterocycles. The van der Waals surface area contributed by atoms with Gasteiger partial charge in [-0.2, -0.15) is 13.2 Å². The van der Waals surface area contributed by atoms with Crippen LogP contribution in [0.3, 0.4) is 0 Å². The Morgan fingerprint density at radius 2 is 2.06 bits per heavy atom. The average molecular weight is 330 g/mol. The Morgan fingerprint density at radius 1 is 1.35 bits per heavy atom. The van der Waals surface area contributed by atoms with E-state index in [9.17, 15) is 13.2 Å². The number of nitrogens with two attached hydrogens (primary N) is 1. The van der Waals surface area contributed by atoms with Crippen molar-refractivity contribution in [1.82, 2.24) is 0 Å². The number of ether oxygens (including phenoxy) is 1. The molecule has 2 nitrogen and oxygen atoms in total. The normalized spacial score (nSPS) is 11.6. The van der Waals surface area contributed by atoms with Gasteiger partial charge in [-0.1, -0.05) is 6.07 Å². The number of rotatable bonds is 5. The van der Waals surface area contributed by atoms with Crippen LogP contribution in [0.2, 0.25) is 0 Å². The fraction of sp³-hybridized carbons (Fsp3) is 0.400. The molecule has 0 fully saturated rings. The van der Waals surface area contributed by atoms with E-state index in [4.69, 9.17) is 10.5 Å². The molecule has 0 radical (unpaired) electrons. The van der Waals surface area contributed by atoms with Crippen molar-refractivity contribution in [2.75, 3.05) is 12.4 Å². The monoisotopic (exact) mass is 329 g/mol. The van der Waals surface area contributed by atoms with Crippen molar-refractivity contribution in [2.24, 2.45) is 5.73 Å². The van der Waals surface area contributed by atoms with Crippen LogP contribution < -0.4 is 10.5 Å². The van der Waals surface area contributed by atoms with Gasteiger partial charge in [-0.3, -0.25) is 0 Å². The molecule has 1 aromatic rings. The maximum absolute atomic E-state index is 11.8. The summed E-state index contributed by atoms with van der Waals surface area (Å²) in [5.74, 6) is 0.388. The van der Waals surface area contributed by atoms with Crippen LogP contribution in [-0.4, -0.2) is 17.9 Å². The quantitative estimate of drug-likeness (QED) is 0.839. The Balaban J connectivity index is 2.42. The third-order valence-corrected chi connectivity index (χ3v) is 3.16. The second-order valence-corrected chi connectivity index (χ2v) is 5.13. The Labute approximate surface area is 110 Å². The number of hydrogen-bond donors (Lipinski definition) is 1. The van der Waals surface area contributed by atoms with Gasteiger partial charge in [0.05, 0.1) is 11.1 Å². The zero-order chi connectivity index (χ0) is 12.9. The highest BCUT2D eigenvalue weighted by atomic mass is 79.9. The number of benzene rings is 1. The van der Waals surface area contributed by atoms with Gasteiger partial charge in [0.15, 0.2) is 0 Å². The van der Waals surface area contributed by atoms with Crippen LogP contribution in [0.25, 0.3) is 0 Å². The molecule has 0 spiro atoms. The Kier molecular flexibility index (Phi) is 5.61. The predicted octanol–water partition coefficient (Wildman–Crippen LogP) is 3.54. The smallest absolute Gasteiger partial charge is 0.441 e. The molecule has 0 saturated carbocycles. The highest BCUT2D eigenvalue weighted by molar-refractivity contribution is 9.10. The van der Waals surface area contributed by atoms with Gasteiger partial charge in [-0.05, 0) is 45.4 Å². The van der Waals surface area contributed by atoms with E-state index in [1.54, 1.807) is 18.2 Å².